The monoisotopic (exact) mass is 276 g/mol. The van der Waals surface area contributed by atoms with E-state index in [9.17, 15) is 8.42 Å². The lowest BCUT2D eigenvalue weighted by atomic mass is 10.2. The summed E-state index contributed by atoms with van der Waals surface area (Å²) in [5, 5.41) is 3.50. The van der Waals surface area contributed by atoms with E-state index in [4.69, 9.17) is 11.6 Å². The molecular formula is C11H17ClN2O2S. The molecule has 0 aliphatic carbocycles. The fourth-order valence-corrected chi connectivity index (χ4v) is 2.91. The summed E-state index contributed by atoms with van der Waals surface area (Å²) in [4.78, 5) is 0.237. The highest BCUT2D eigenvalue weighted by atomic mass is 35.5. The van der Waals surface area contributed by atoms with E-state index in [1.807, 2.05) is 0 Å². The first kappa shape index (κ1) is 14.4. The van der Waals surface area contributed by atoms with Crippen molar-refractivity contribution in [3.05, 3.63) is 28.8 Å². The van der Waals surface area contributed by atoms with Gasteiger partial charge >= 0.3 is 0 Å². The minimum absolute atomic E-state index is 0.136. The molecule has 0 unspecified atom stereocenters. The molecule has 0 saturated heterocycles. The van der Waals surface area contributed by atoms with E-state index in [-0.39, 0.29) is 10.9 Å². The maximum atomic E-state index is 11.9. The van der Waals surface area contributed by atoms with Crippen LogP contribution in [0, 0.1) is 0 Å². The maximum Gasteiger partial charge on any atom is 0.240 e. The molecule has 0 saturated carbocycles. The van der Waals surface area contributed by atoms with Gasteiger partial charge in [-0.05, 0) is 44.7 Å². The van der Waals surface area contributed by atoms with Gasteiger partial charge < -0.3 is 5.32 Å². The minimum Gasteiger partial charge on any atom is -0.316 e. The quantitative estimate of drug-likeness (QED) is 0.861. The predicted molar refractivity (Wildman–Crippen MR) is 69.7 cm³/mol. The molecule has 96 valence electrons. The Morgan fingerprint density at radius 2 is 2.00 bits per heavy atom. The van der Waals surface area contributed by atoms with Gasteiger partial charge in [-0.1, -0.05) is 11.6 Å². The molecule has 1 aromatic carbocycles. The van der Waals surface area contributed by atoms with Gasteiger partial charge in [0.25, 0.3) is 0 Å². The third kappa shape index (κ3) is 3.96. The van der Waals surface area contributed by atoms with E-state index >= 15 is 0 Å². The number of rotatable bonds is 5. The molecule has 0 atom stereocenters. The molecule has 0 aliphatic heterocycles. The van der Waals surface area contributed by atoms with Gasteiger partial charge in [-0.25, -0.2) is 13.1 Å². The highest BCUT2D eigenvalue weighted by molar-refractivity contribution is 7.89. The summed E-state index contributed by atoms with van der Waals surface area (Å²) in [6, 6.07) is 4.56. The summed E-state index contributed by atoms with van der Waals surface area (Å²) in [5.74, 6) is 0. The van der Waals surface area contributed by atoms with Gasteiger partial charge in [0.05, 0.1) is 4.90 Å². The second kappa shape index (κ2) is 5.82. The van der Waals surface area contributed by atoms with Gasteiger partial charge in [0.15, 0.2) is 0 Å². The first-order valence-electron chi connectivity index (χ1n) is 5.32. The Bertz CT molecular complexity index is 486. The standard InChI is InChI=1S/C11H17ClN2O2S/c1-8(2)14-17(15,16)10-4-5-11(12)9(6-10)7-13-3/h4-6,8,13-14H,7H2,1-3H3. The Morgan fingerprint density at radius 1 is 1.35 bits per heavy atom. The number of halogens is 1. The highest BCUT2D eigenvalue weighted by Crippen LogP contribution is 2.20. The highest BCUT2D eigenvalue weighted by Gasteiger charge is 2.16. The Balaban J connectivity index is 3.11. The first-order chi connectivity index (χ1) is 7.86. The molecule has 0 aromatic heterocycles. The lowest BCUT2D eigenvalue weighted by molar-refractivity contribution is 0.569. The molecule has 4 nitrogen and oxygen atoms in total. The molecular weight excluding hydrogens is 260 g/mol. The lowest BCUT2D eigenvalue weighted by Gasteiger charge is -2.11. The number of nitrogens with one attached hydrogen (secondary N) is 2. The summed E-state index contributed by atoms with van der Waals surface area (Å²) in [5.41, 5.74) is 0.765. The van der Waals surface area contributed by atoms with Crippen molar-refractivity contribution in [1.82, 2.24) is 10.0 Å². The van der Waals surface area contributed by atoms with Gasteiger partial charge in [-0.2, -0.15) is 0 Å². The molecule has 0 amide bonds. The number of hydrogen-bond donors (Lipinski definition) is 2. The van der Waals surface area contributed by atoms with Gasteiger partial charge in [0, 0.05) is 17.6 Å². The van der Waals surface area contributed by atoms with Crippen LogP contribution in [0.1, 0.15) is 19.4 Å². The average Bonchev–Trinajstić information content (AvgIpc) is 2.19. The summed E-state index contributed by atoms with van der Waals surface area (Å²) < 4.78 is 26.4. The molecule has 0 spiro atoms. The van der Waals surface area contributed by atoms with Gasteiger partial charge in [0.1, 0.15) is 0 Å². The van der Waals surface area contributed by atoms with Crippen LogP contribution in [0.4, 0.5) is 0 Å². The lowest BCUT2D eigenvalue weighted by Crippen LogP contribution is -2.30. The zero-order valence-corrected chi connectivity index (χ0v) is 11.7. The fourth-order valence-electron chi connectivity index (χ4n) is 1.42. The smallest absolute Gasteiger partial charge is 0.240 e. The Morgan fingerprint density at radius 3 is 2.53 bits per heavy atom. The van der Waals surface area contributed by atoms with E-state index in [0.29, 0.717) is 11.6 Å². The molecule has 0 radical (unpaired) electrons. The van der Waals surface area contributed by atoms with E-state index in [1.54, 1.807) is 33.0 Å². The van der Waals surface area contributed by atoms with E-state index in [0.717, 1.165) is 5.56 Å². The van der Waals surface area contributed by atoms with Crippen molar-refractivity contribution in [2.75, 3.05) is 7.05 Å². The Kier molecular flexibility index (Phi) is 4.94. The maximum absolute atomic E-state index is 11.9. The van der Waals surface area contributed by atoms with Crippen molar-refractivity contribution in [3.63, 3.8) is 0 Å². The van der Waals surface area contributed by atoms with Gasteiger partial charge in [-0.15, -0.1) is 0 Å². The molecule has 2 N–H and O–H groups in total. The molecule has 6 heteroatoms. The van der Waals surface area contributed by atoms with Gasteiger partial charge in [0.2, 0.25) is 10.0 Å². The average molecular weight is 277 g/mol. The zero-order valence-electron chi connectivity index (χ0n) is 10.1. The van der Waals surface area contributed by atoms with Crippen molar-refractivity contribution in [2.24, 2.45) is 0 Å². The minimum atomic E-state index is -3.45. The largest absolute Gasteiger partial charge is 0.316 e. The molecule has 0 bridgehead atoms. The van der Waals surface area contributed by atoms with Crippen LogP contribution < -0.4 is 10.0 Å². The number of sulfonamides is 1. The van der Waals surface area contributed by atoms with Crippen LogP contribution in [0.3, 0.4) is 0 Å². The molecule has 1 rings (SSSR count). The molecule has 0 aliphatic rings. The summed E-state index contributed by atoms with van der Waals surface area (Å²) in [7, 11) is -1.67. The predicted octanol–water partition coefficient (Wildman–Crippen LogP) is 1.75. The van der Waals surface area contributed by atoms with Crippen molar-refractivity contribution >= 4 is 21.6 Å². The molecule has 0 fully saturated rings. The van der Waals surface area contributed by atoms with E-state index in [2.05, 4.69) is 10.0 Å². The van der Waals surface area contributed by atoms with Crippen LogP contribution in [0.25, 0.3) is 0 Å². The van der Waals surface area contributed by atoms with Crippen LogP contribution in [-0.4, -0.2) is 21.5 Å². The van der Waals surface area contributed by atoms with Crippen LogP contribution >= 0.6 is 11.6 Å². The molecule has 17 heavy (non-hydrogen) atoms. The van der Waals surface area contributed by atoms with E-state index < -0.39 is 10.0 Å². The molecule has 1 aromatic rings. The fraction of sp³-hybridized carbons (Fsp3) is 0.455. The SMILES string of the molecule is CNCc1cc(S(=O)(=O)NC(C)C)ccc1Cl. The van der Waals surface area contributed by atoms with E-state index in [1.165, 1.54) is 6.07 Å². The van der Waals surface area contributed by atoms with Crippen LogP contribution in [0.2, 0.25) is 5.02 Å². The topological polar surface area (TPSA) is 58.2 Å². The first-order valence-corrected chi connectivity index (χ1v) is 7.18. The summed E-state index contributed by atoms with van der Waals surface area (Å²) in [6.07, 6.45) is 0. The van der Waals surface area contributed by atoms with Gasteiger partial charge in [-0.3, -0.25) is 0 Å². The third-order valence-corrected chi connectivity index (χ3v) is 4.11. The number of hydrogen-bond acceptors (Lipinski definition) is 3. The van der Waals surface area contributed by atoms with Crippen LogP contribution in [0.15, 0.2) is 23.1 Å². The van der Waals surface area contributed by atoms with Crippen LogP contribution in [0.5, 0.6) is 0 Å². The Labute approximate surface area is 107 Å². The Hall–Kier alpha value is -0.620. The van der Waals surface area contributed by atoms with Crippen molar-refractivity contribution in [1.29, 1.82) is 0 Å². The van der Waals surface area contributed by atoms with Crippen molar-refractivity contribution in [3.8, 4) is 0 Å². The molecule has 0 heterocycles. The second-order valence-electron chi connectivity index (χ2n) is 4.06. The summed E-state index contributed by atoms with van der Waals surface area (Å²) in [6.45, 7) is 4.09. The normalized spacial score (nSPS) is 12.1. The second-order valence-corrected chi connectivity index (χ2v) is 6.18. The zero-order chi connectivity index (χ0) is 13.1. The van der Waals surface area contributed by atoms with Crippen LogP contribution in [-0.2, 0) is 16.6 Å². The van der Waals surface area contributed by atoms with Crippen molar-refractivity contribution < 1.29 is 8.42 Å². The van der Waals surface area contributed by atoms with Crippen molar-refractivity contribution in [2.45, 2.75) is 31.3 Å². The number of benzene rings is 1. The third-order valence-electron chi connectivity index (χ3n) is 2.09. The summed E-state index contributed by atoms with van der Waals surface area (Å²) >= 11 is 5.98.